The Morgan fingerprint density at radius 3 is 2.50 bits per heavy atom. The van der Waals surface area contributed by atoms with Crippen molar-refractivity contribution in [1.82, 2.24) is 19.9 Å². The summed E-state index contributed by atoms with van der Waals surface area (Å²) < 4.78 is 0. The number of nitrogens with two attached hydrogens (primary N) is 2. The Hall–Kier alpha value is -3.82. The molecule has 0 saturated heterocycles. The van der Waals surface area contributed by atoms with Crippen LogP contribution in [0.4, 0.5) is 17.5 Å². The minimum atomic E-state index is -0.692. The summed E-state index contributed by atoms with van der Waals surface area (Å²) in [6, 6.07) is 4.62. The average Bonchev–Trinajstić information content (AvgIpc) is 2.61. The molecule has 0 unspecified atom stereocenters. The van der Waals surface area contributed by atoms with E-state index in [0.29, 0.717) is 11.2 Å². The number of nitrogens with one attached hydrogen (secondary N) is 2. The molecule has 1 aromatic carbocycles. The lowest BCUT2D eigenvalue weighted by Crippen LogP contribution is -2.33. The molecule has 26 heavy (non-hydrogen) atoms. The zero-order valence-corrected chi connectivity index (χ0v) is 13.8. The minimum Gasteiger partial charge on any atom is -0.368 e. The van der Waals surface area contributed by atoms with Gasteiger partial charge < -0.3 is 22.1 Å². The highest BCUT2D eigenvalue weighted by Crippen LogP contribution is 2.22. The number of carbonyl (C=O) groups excluding carboxylic acids is 2. The van der Waals surface area contributed by atoms with Gasteiger partial charge in [-0.15, -0.1) is 0 Å². The number of primary amides is 2. The molecule has 0 saturated carbocycles. The van der Waals surface area contributed by atoms with Gasteiger partial charge in [0.25, 0.3) is 5.91 Å². The van der Waals surface area contributed by atoms with E-state index in [1.54, 1.807) is 37.5 Å². The molecule has 3 aromatic rings. The summed E-state index contributed by atoms with van der Waals surface area (Å²) in [5, 5.41) is 5.77. The number of hydrogen-bond donors (Lipinski definition) is 4. The lowest BCUT2D eigenvalue weighted by atomic mass is 10.2. The number of amides is 2. The molecule has 0 fully saturated rings. The lowest BCUT2D eigenvalue weighted by Gasteiger charge is -2.13. The molecule has 6 N–H and O–H groups in total. The Labute approximate surface area is 148 Å². The van der Waals surface area contributed by atoms with Crippen LogP contribution < -0.4 is 22.1 Å². The van der Waals surface area contributed by atoms with Crippen LogP contribution in [0.15, 0.2) is 36.8 Å². The van der Waals surface area contributed by atoms with Crippen molar-refractivity contribution in [3.05, 3.63) is 42.4 Å². The third kappa shape index (κ3) is 3.64. The summed E-state index contributed by atoms with van der Waals surface area (Å²) >= 11 is 0. The van der Waals surface area contributed by atoms with E-state index >= 15 is 0 Å². The van der Waals surface area contributed by atoms with E-state index in [1.807, 2.05) is 0 Å². The predicted octanol–water partition coefficient (Wildman–Crippen LogP) is 0.548. The topological polar surface area (TPSA) is 162 Å². The molecule has 0 bridgehead atoms. The standard InChI is InChI=1S/C16H16N8O2/c1-8(13(17)25)22-16-21-7-10(14(18)26)15(24-16)23-9-2-3-11-12(6-9)20-5-4-19-11/h2-8H,1H3,(H2,17,25)(H2,18,26)(H2,21,22,23,24)/t8-/m1/s1. The van der Waals surface area contributed by atoms with Gasteiger partial charge >= 0.3 is 0 Å². The van der Waals surface area contributed by atoms with Crippen LogP contribution in [0.25, 0.3) is 11.0 Å². The van der Waals surface area contributed by atoms with E-state index in [-0.39, 0.29) is 17.3 Å². The minimum absolute atomic E-state index is 0.0986. The summed E-state index contributed by atoms with van der Waals surface area (Å²) in [5.74, 6) is -0.933. The van der Waals surface area contributed by atoms with Crippen molar-refractivity contribution >= 4 is 40.3 Å². The summed E-state index contributed by atoms with van der Waals surface area (Å²) in [6.45, 7) is 1.57. The third-order valence-corrected chi connectivity index (χ3v) is 3.56. The van der Waals surface area contributed by atoms with E-state index < -0.39 is 17.9 Å². The summed E-state index contributed by atoms with van der Waals surface area (Å²) in [5.41, 5.74) is 12.7. The summed E-state index contributed by atoms with van der Waals surface area (Å²) in [7, 11) is 0. The zero-order valence-electron chi connectivity index (χ0n) is 13.8. The maximum Gasteiger partial charge on any atom is 0.254 e. The van der Waals surface area contributed by atoms with Gasteiger partial charge in [0.05, 0.1) is 11.0 Å². The third-order valence-electron chi connectivity index (χ3n) is 3.56. The molecule has 10 heteroatoms. The van der Waals surface area contributed by atoms with Gasteiger partial charge in [-0.2, -0.15) is 4.98 Å². The van der Waals surface area contributed by atoms with E-state index in [4.69, 9.17) is 11.5 Å². The van der Waals surface area contributed by atoms with E-state index in [2.05, 4.69) is 30.6 Å². The number of hydrogen-bond acceptors (Lipinski definition) is 8. The maximum absolute atomic E-state index is 11.7. The van der Waals surface area contributed by atoms with E-state index in [9.17, 15) is 9.59 Å². The molecule has 0 radical (unpaired) electrons. The summed E-state index contributed by atoms with van der Waals surface area (Å²) in [6.07, 6.45) is 4.45. The molecular formula is C16H16N8O2. The molecule has 0 aliphatic rings. The number of anilines is 3. The quantitative estimate of drug-likeness (QED) is 0.500. The number of rotatable bonds is 6. The molecule has 132 valence electrons. The van der Waals surface area contributed by atoms with Gasteiger partial charge in [-0.3, -0.25) is 19.6 Å². The first-order chi connectivity index (χ1) is 12.4. The number of fused-ring (bicyclic) bond motifs is 1. The normalized spacial score (nSPS) is 11.7. The summed E-state index contributed by atoms with van der Waals surface area (Å²) in [4.78, 5) is 39.4. The maximum atomic E-state index is 11.7. The Balaban J connectivity index is 1.95. The van der Waals surface area contributed by atoms with Crippen LogP contribution in [-0.2, 0) is 4.79 Å². The highest BCUT2D eigenvalue weighted by Gasteiger charge is 2.15. The van der Waals surface area contributed by atoms with Crippen LogP contribution >= 0.6 is 0 Å². The second kappa shape index (κ2) is 6.97. The molecule has 2 amide bonds. The van der Waals surface area contributed by atoms with Crippen LogP contribution in [0.5, 0.6) is 0 Å². The van der Waals surface area contributed by atoms with Crippen LogP contribution in [-0.4, -0.2) is 37.8 Å². The van der Waals surface area contributed by atoms with Gasteiger partial charge in [0.15, 0.2) is 0 Å². The van der Waals surface area contributed by atoms with Gasteiger partial charge in [0.1, 0.15) is 17.4 Å². The molecular weight excluding hydrogens is 336 g/mol. The molecule has 0 spiro atoms. The SMILES string of the molecule is C[C@@H](Nc1ncc(C(N)=O)c(Nc2ccc3nccnc3c2)n1)C(N)=O. The highest BCUT2D eigenvalue weighted by molar-refractivity contribution is 5.98. The fourth-order valence-corrected chi connectivity index (χ4v) is 2.17. The second-order valence-electron chi connectivity index (χ2n) is 5.47. The molecule has 3 rings (SSSR count). The Morgan fingerprint density at radius 2 is 1.81 bits per heavy atom. The highest BCUT2D eigenvalue weighted by atomic mass is 16.1. The molecule has 0 aliphatic heterocycles. The van der Waals surface area contributed by atoms with Crippen molar-refractivity contribution < 1.29 is 9.59 Å². The van der Waals surface area contributed by atoms with Crippen molar-refractivity contribution in [3.8, 4) is 0 Å². The van der Waals surface area contributed by atoms with Crippen molar-refractivity contribution in [3.63, 3.8) is 0 Å². The van der Waals surface area contributed by atoms with E-state index in [1.165, 1.54) is 6.20 Å². The van der Waals surface area contributed by atoms with Crippen molar-refractivity contribution in [2.75, 3.05) is 10.6 Å². The van der Waals surface area contributed by atoms with Gasteiger partial charge in [0.2, 0.25) is 11.9 Å². The number of nitrogens with zero attached hydrogens (tertiary/aromatic N) is 4. The monoisotopic (exact) mass is 352 g/mol. The molecule has 10 nitrogen and oxygen atoms in total. The number of carbonyl (C=O) groups is 2. The zero-order chi connectivity index (χ0) is 18.7. The first kappa shape index (κ1) is 17.0. The number of benzene rings is 1. The molecule has 0 aliphatic carbocycles. The van der Waals surface area contributed by atoms with Gasteiger partial charge in [-0.05, 0) is 25.1 Å². The average molecular weight is 352 g/mol. The van der Waals surface area contributed by atoms with Crippen LogP contribution in [0.3, 0.4) is 0 Å². The Kier molecular flexibility index (Phi) is 4.56. The lowest BCUT2D eigenvalue weighted by molar-refractivity contribution is -0.118. The van der Waals surface area contributed by atoms with Crippen LogP contribution in [0.1, 0.15) is 17.3 Å². The van der Waals surface area contributed by atoms with Crippen molar-refractivity contribution in [2.45, 2.75) is 13.0 Å². The largest absolute Gasteiger partial charge is 0.368 e. The first-order valence-electron chi connectivity index (χ1n) is 7.64. The van der Waals surface area contributed by atoms with Crippen LogP contribution in [0.2, 0.25) is 0 Å². The fraction of sp³-hybridized carbons (Fsp3) is 0.125. The van der Waals surface area contributed by atoms with Gasteiger partial charge in [-0.1, -0.05) is 0 Å². The fourth-order valence-electron chi connectivity index (χ4n) is 2.17. The van der Waals surface area contributed by atoms with Gasteiger partial charge in [-0.25, -0.2) is 4.98 Å². The smallest absolute Gasteiger partial charge is 0.254 e. The molecule has 2 aromatic heterocycles. The predicted molar refractivity (Wildman–Crippen MR) is 95.6 cm³/mol. The van der Waals surface area contributed by atoms with Gasteiger partial charge in [0, 0.05) is 24.3 Å². The van der Waals surface area contributed by atoms with Crippen molar-refractivity contribution in [1.29, 1.82) is 0 Å². The molecule has 2 heterocycles. The number of aromatic nitrogens is 4. The second-order valence-corrected chi connectivity index (χ2v) is 5.47. The van der Waals surface area contributed by atoms with Crippen molar-refractivity contribution in [2.24, 2.45) is 11.5 Å². The Bertz CT molecular complexity index is 991. The van der Waals surface area contributed by atoms with Crippen LogP contribution in [0, 0.1) is 0 Å². The Morgan fingerprint density at radius 1 is 1.08 bits per heavy atom. The van der Waals surface area contributed by atoms with E-state index in [0.717, 1.165) is 5.52 Å². The first-order valence-corrected chi connectivity index (χ1v) is 7.64. The molecule has 1 atom stereocenters.